The van der Waals surface area contributed by atoms with Crippen molar-refractivity contribution < 1.29 is 4.39 Å². The van der Waals surface area contributed by atoms with E-state index in [1.807, 2.05) is 10.9 Å². The van der Waals surface area contributed by atoms with Gasteiger partial charge < -0.3 is 4.98 Å². The second-order valence-electron chi connectivity index (χ2n) is 6.06. The number of nitrogens with one attached hydrogen (secondary N) is 1. The summed E-state index contributed by atoms with van der Waals surface area (Å²) < 4.78 is 15.3. The Hall–Kier alpha value is -2.17. The normalized spacial score (nSPS) is 15.4. The van der Waals surface area contributed by atoms with E-state index in [0.29, 0.717) is 0 Å². The minimum atomic E-state index is -0.233. The maximum absolute atomic E-state index is 13.3. The fourth-order valence-electron chi connectivity index (χ4n) is 3.13. The van der Waals surface area contributed by atoms with Crippen molar-refractivity contribution in [3.05, 3.63) is 36.0 Å². The van der Waals surface area contributed by atoms with Gasteiger partial charge >= 0.3 is 0 Å². The molecule has 0 amide bonds. The van der Waals surface area contributed by atoms with Crippen LogP contribution in [0.2, 0.25) is 0 Å². The van der Waals surface area contributed by atoms with Gasteiger partial charge in [0.15, 0.2) is 11.6 Å². The molecule has 2 aromatic heterocycles. The highest BCUT2D eigenvalue weighted by Gasteiger charge is 2.22. The maximum Gasteiger partial charge on any atom is 0.160 e. The van der Waals surface area contributed by atoms with Crippen molar-refractivity contribution in [3.8, 4) is 11.4 Å². The fraction of sp³-hybridized carbons (Fsp3) is 0.412. The SMILES string of the molecule is CCn1nc(CC2CCC2)nc1-c1c[nH]c2cc(F)ccc12. The Bertz CT molecular complexity index is 813. The van der Waals surface area contributed by atoms with Crippen LogP contribution in [0.4, 0.5) is 4.39 Å². The number of fused-ring (bicyclic) bond motifs is 1. The van der Waals surface area contributed by atoms with Crippen molar-refractivity contribution in [3.63, 3.8) is 0 Å². The smallest absolute Gasteiger partial charge is 0.160 e. The molecule has 4 nitrogen and oxygen atoms in total. The number of aryl methyl sites for hydroxylation is 1. The largest absolute Gasteiger partial charge is 0.360 e. The van der Waals surface area contributed by atoms with E-state index in [0.717, 1.165) is 47.0 Å². The predicted molar refractivity (Wildman–Crippen MR) is 84.0 cm³/mol. The number of rotatable bonds is 4. The lowest BCUT2D eigenvalue weighted by Crippen LogP contribution is -2.14. The number of halogens is 1. The average Bonchev–Trinajstić information content (AvgIpc) is 3.05. The average molecular weight is 298 g/mol. The van der Waals surface area contributed by atoms with Crippen LogP contribution in [-0.4, -0.2) is 19.7 Å². The van der Waals surface area contributed by atoms with Crippen molar-refractivity contribution in [2.45, 2.75) is 39.2 Å². The van der Waals surface area contributed by atoms with E-state index in [4.69, 9.17) is 4.98 Å². The van der Waals surface area contributed by atoms with Crippen LogP contribution >= 0.6 is 0 Å². The molecule has 114 valence electrons. The molecule has 0 atom stereocenters. The Balaban J connectivity index is 1.76. The Morgan fingerprint density at radius 3 is 2.95 bits per heavy atom. The summed E-state index contributed by atoms with van der Waals surface area (Å²) in [6.07, 6.45) is 6.79. The molecule has 0 unspecified atom stereocenters. The van der Waals surface area contributed by atoms with E-state index in [1.165, 1.54) is 31.4 Å². The van der Waals surface area contributed by atoms with Crippen LogP contribution < -0.4 is 0 Å². The van der Waals surface area contributed by atoms with Gasteiger partial charge in [-0.3, -0.25) is 0 Å². The summed E-state index contributed by atoms with van der Waals surface area (Å²) in [4.78, 5) is 7.89. The molecule has 22 heavy (non-hydrogen) atoms. The van der Waals surface area contributed by atoms with Gasteiger partial charge in [0.1, 0.15) is 5.82 Å². The monoisotopic (exact) mass is 298 g/mol. The first-order chi connectivity index (χ1) is 10.7. The highest BCUT2D eigenvalue weighted by atomic mass is 19.1. The number of benzene rings is 1. The zero-order valence-corrected chi connectivity index (χ0v) is 12.6. The lowest BCUT2D eigenvalue weighted by atomic mass is 9.83. The standard InChI is InChI=1S/C17H19FN4/c1-2-22-17(20-16(21-22)8-11-4-3-5-11)14-10-19-15-9-12(18)6-7-13(14)15/h6-7,9-11,19H,2-5,8H2,1H3. The zero-order valence-electron chi connectivity index (χ0n) is 12.6. The predicted octanol–water partition coefficient (Wildman–Crippen LogP) is 3.93. The van der Waals surface area contributed by atoms with Gasteiger partial charge in [0.25, 0.3) is 0 Å². The first-order valence-corrected chi connectivity index (χ1v) is 7.95. The summed E-state index contributed by atoms with van der Waals surface area (Å²) in [6.45, 7) is 2.85. The van der Waals surface area contributed by atoms with Crippen LogP contribution in [0, 0.1) is 11.7 Å². The highest BCUT2D eigenvalue weighted by molar-refractivity contribution is 5.93. The molecular formula is C17H19FN4. The third-order valence-electron chi connectivity index (χ3n) is 4.60. The summed E-state index contributed by atoms with van der Waals surface area (Å²) >= 11 is 0. The van der Waals surface area contributed by atoms with E-state index < -0.39 is 0 Å². The molecular weight excluding hydrogens is 279 g/mol. The van der Waals surface area contributed by atoms with Crippen molar-refractivity contribution in [1.29, 1.82) is 0 Å². The minimum absolute atomic E-state index is 0.233. The zero-order chi connectivity index (χ0) is 15.1. The van der Waals surface area contributed by atoms with Crippen LogP contribution in [0.1, 0.15) is 32.0 Å². The van der Waals surface area contributed by atoms with Crippen LogP contribution in [0.25, 0.3) is 22.3 Å². The molecule has 0 bridgehead atoms. The minimum Gasteiger partial charge on any atom is -0.360 e. The maximum atomic E-state index is 13.3. The van der Waals surface area contributed by atoms with Crippen LogP contribution in [0.5, 0.6) is 0 Å². The molecule has 0 radical (unpaired) electrons. The van der Waals surface area contributed by atoms with E-state index in [-0.39, 0.29) is 5.82 Å². The molecule has 1 N–H and O–H groups in total. The number of H-pyrrole nitrogens is 1. The Kier molecular flexibility index (Phi) is 3.21. The highest BCUT2D eigenvalue weighted by Crippen LogP contribution is 2.31. The van der Waals surface area contributed by atoms with Gasteiger partial charge in [-0.1, -0.05) is 19.3 Å². The molecule has 1 aliphatic rings. The van der Waals surface area contributed by atoms with Crippen molar-refractivity contribution in [1.82, 2.24) is 19.7 Å². The lowest BCUT2D eigenvalue weighted by molar-refractivity contribution is 0.309. The third-order valence-corrected chi connectivity index (χ3v) is 4.60. The summed E-state index contributed by atoms with van der Waals surface area (Å²) in [7, 11) is 0. The van der Waals surface area contributed by atoms with Gasteiger partial charge in [-0.25, -0.2) is 14.1 Å². The number of hydrogen-bond donors (Lipinski definition) is 1. The fourth-order valence-corrected chi connectivity index (χ4v) is 3.13. The second kappa shape index (κ2) is 5.23. The molecule has 1 saturated carbocycles. The quantitative estimate of drug-likeness (QED) is 0.793. The molecule has 1 aromatic carbocycles. The van der Waals surface area contributed by atoms with Gasteiger partial charge in [0, 0.05) is 35.6 Å². The summed E-state index contributed by atoms with van der Waals surface area (Å²) in [6, 6.07) is 4.80. The van der Waals surface area contributed by atoms with Crippen molar-refractivity contribution >= 4 is 10.9 Å². The van der Waals surface area contributed by atoms with Gasteiger partial charge in [0.05, 0.1) is 0 Å². The number of nitrogens with zero attached hydrogens (tertiary/aromatic N) is 3. The van der Waals surface area contributed by atoms with Gasteiger partial charge in [-0.05, 0) is 31.0 Å². The molecule has 3 aromatic rings. The summed E-state index contributed by atoms with van der Waals surface area (Å²) in [5.41, 5.74) is 1.78. The topological polar surface area (TPSA) is 46.5 Å². The summed E-state index contributed by atoms with van der Waals surface area (Å²) in [5, 5.41) is 5.63. The Labute approximate surface area is 128 Å². The van der Waals surface area contributed by atoms with E-state index in [9.17, 15) is 4.39 Å². The number of hydrogen-bond acceptors (Lipinski definition) is 2. The molecule has 2 heterocycles. The van der Waals surface area contributed by atoms with Crippen LogP contribution in [0.3, 0.4) is 0 Å². The van der Waals surface area contributed by atoms with Crippen LogP contribution in [0.15, 0.2) is 24.4 Å². The van der Waals surface area contributed by atoms with E-state index in [2.05, 4.69) is 17.0 Å². The second-order valence-corrected chi connectivity index (χ2v) is 6.06. The van der Waals surface area contributed by atoms with Crippen molar-refractivity contribution in [2.75, 3.05) is 0 Å². The van der Waals surface area contributed by atoms with E-state index >= 15 is 0 Å². The van der Waals surface area contributed by atoms with Crippen LogP contribution in [-0.2, 0) is 13.0 Å². The first kappa shape index (κ1) is 13.5. The first-order valence-electron chi connectivity index (χ1n) is 7.95. The van der Waals surface area contributed by atoms with Gasteiger partial charge in [-0.2, -0.15) is 5.10 Å². The molecule has 0 saturated heterocycles. The molecule has 1 aliphatic carbocycles. The Morgan fingerprint density at radius 2 is 2.23 bits per heavy atom. The molecule has 1 fully saturated rings. The van der Waals surface area contributed by atoms with E-state index in [1.54, 1.807) is 6.07 Å². The van der Waals surface area contributed by atoms with Gasteiger partial charge in [-0.15, -0.1) is 0 Å². The Morgan fingerprint density at radius 1 is 1.36 bits per heavy atom. The molecule has 0 aliphatic heterocycles. The summed E-state index contributed by atoms with van der Waals surface area (Å²) in [5.74, 6) is 2.31. The third kappa shape index (κ3) is 2.21. The number of aromatic nitrogens is 4. The number of aromatic amines is 1. The lowest BCUT2D eigenvalue weighted by Gasteiger charge is -2.23. The van der Waals surface area contributed by atoms with Gasteiger partial charge in [0.2, 0.25) is 0 Å². The molecule has 4 rings (SSSR count). The van der Waals surface area contributed by atoms with Crippen molar-refractivity contribution in [2.24, 2.45) is 5.92 Å². The molecule has 5 heteroatoms. The molecule has 0 spiro atoms.